The van der Waals surface area contributed by atoms with Gasteiger partial charge in [0.25, 0.3) is 5.56 Å². The van der Waals surface area contributed by atoms with Gasteiger partial charge in [-0.25, -0.2) is 9.78 Å². The van der Waals surface area contributed by atoms with Crippen LogP contribution in [0.2, 0.25) is 0 Å². The highest BCUT2D eigenvalue weighted by molar-refractivity contribution is 7.15. The molecule has 0 unspecified atom stereocenters. The Kier molecular flexibility index (Phi) is 7.35. The highest BCUT2D eigenvalue weighted by Gasteiger charge is 2.41. The summed E-state index contributed by atoms with van der Waals surface area (Å²) in [6.45, 7) is 1.45. The summed E-state index contributed by atoms with van der Waals surface area (Å²) in [6.07, 6.45) is 1.68. The molecule has 2 aliphatic rings. The second-order valence-corrected chi connectivity index (χ2v) is 11.9. The van der Waals surface area contributed by atoms with Gasteiger partial charge in [0.15, 0.2) is 0 Å². The summed E-state index contributed by atoms with van der Waals surface area (Å²) in [5.41, 5.74) is 1.31. The Hall–Kier alpha value is -4.02. The second kappa shape index (κ2) is 11.1. The van der Waals surface area contributed by atoms with E-state index < -0.39 is 11.7 Å². The number of nitrogens with zero attached hydrogens (tertiary/aromatic N) is 4. The summed E-state index contributed by atoms with van der Waals surface area (Å²) in [5, 5.41) is 23.4. The molecule has 2 aromatic carbocycles. The number of hydrogen-bond donors (Lipinski definition) is 2. The molecule has 2 fully saturated rings. The van der Waals surface area contributed by atoms with Crippen LogP contribution in [0.25, 0.3) is 21.3 Å². The highest BCUT2D eigenvalue weighted by atomic mass is 32.1. The van der Waals surface area contributed by atoms with Crippen molar-refractivity contribution in [3.63, 3.8) is 0 Å². The van der Waals surface area contributed by atoms with E-state index in [9.17, 15) is 24.6 Å². The van der Waals surface area contributed by atoms with Crippen molar-refractivity contribution in [1.29, 1.82) is 0 Å². The van der Waals surface area contributed by atoms with E-state index in [4.69, 9.17) is 0 Å². The number of amides is 2. The van der Waals surface area contributed by atoms with Gasteiger partial charge in [-0.05, 0) is 30.4 Å². The summed E-state index contributed by atoms with van der Waals surface area (Å²) in [7, 11) is 0. The van der Waals surface area contributed by atoms with Gasteiger partial charge in [-0.15, -0.1) is 11.3 Å². The van der Waals surface area contributed by atoms with Crippen LogP contribution < -0.4 is 5.56 Å². The first-order chi connectivity index (χ1) is 19.8. The fourth-order valence-corrected chi connectivity index (χ4v) is 7.18. The lowest BCUT2D eigenvalue weighted by Crippen LogP contribution is -2.53. The zero-order chi connectivity index (χ0) is 28.6. The first kappa shape index (κ1) is 27.2. The summed E-state index contributed by atoms with van der Waals surface area (Å²) in [4.78, 5) is 47.4. The minimum Gasteiger partial charge on any atom is -0.465 e. The number of benzene rings is 2. The van der Waals surface area contributed by atoms with Crippen LogP contribution in [0.4, 0.5) is 4.79 Å². The Balaban J connectivity index is 1.15. The first-order valence-corrected chi connectivity index (χ1v) is 14.8. The number of carbonyl (C=O) groups excluding carboxylic acids is 1. The van der Waals surface area contributed by atoms with Crippen LogP contribution in [0, 0.1) is 5.92 Å². The zero-order valence-electron chi connectivity index (χ0n) is 22.6. The number of rotatable bonds is 5. The molecule has 2 saturated heterocycles. The molecule has 2 aliphatic heterocycles. The van der Waals surface area contributed by atoms with Gasteiger partial charge in [0.2, 0.25) is 5.91 Å². The predicted molar refractivity (Wildman–Crippen MR) is 157 cm³/mol. The molecule has 2 N–H and O–H groups in total. The normalized spacial score (nSPS) is 20.7. The number of piperidine rings is 2. The summed E-state index contributed by atoms with van der Waals surface area (Å²) in [5.74, 6) is -0.555. The SMILES string of the molecule is O=C(O)N1CC[C@@H](C(=O)N2CCC(O)(Cn3cnc4c(-c5ccccc5)scc4c3=O)CC2)[C@H](c2ccccc2)C1. The van der Waals surface area contributed by atoms with E-state index in [1.165, 1.54) is 27.1 Å². The molecule has 4 aromatic rings. The Bertz CT molecular complexity index is 1610. The van der Waals surface area contributed by atoms with Crippen molar-refractivity contribution in [3.8, 4) is 10.4 Å². The Labute approximate surface area is 241 Å². The van der Waals surface area contributed by atoms with Crippen molar-refractivity contribution in [2.75, 3.05) is 26.2 Å². The number of thiophene rings is 1. The molecule has 0 spiro atoms. The Morgan fingerprint density at radius 2 is 1.66 bits per heavy atom. The summed E-state index contributed by atoms with van der Waals surface area (Å²) in [6, 6.07) is 19.5. The molecule has 0 saturated carbocycles. The third-order valence-electron chi connectivity index (χ3n) is 8.52. The van der Waals surface area contributed by atoms with Gasteiger partial charge < -0.3 is 20.0 Å². The lowest BCUT2D eigenvalue weighted by Gasteiger charge is -2.42. The number of hydrogen-bond acceptors (Lipinski definition) is 6. The zero-order valence-corrected chi connectivity index (χ0v) is 23.4. The van der Waals surface area contributed by atoms with E-state index in [1.54, 1.807) is 4.90 Å². The average molecular weight is 573 g/mol. The largest absolute Gasteiger partial charge is 0.465 e. The van der Waals surface area contributed by atoms with Crippen molar-refractivity contribution in [2.45, 2.75) is 37.3 Å². The number of fused-ring (bicyclic) bond motifs is 1. The third-order valence-corrected chi connectivity index (χ3v) is 9.54. The van der Waals surface area contributed by atoms with Crippen LogP contribution in [0.15, 0.2) is 77.2 Å². The number of carboxylic acid groups (broad SMARTS) is 1. The lowest BCUT2D eigenvalue weighted by molar-refractivity contribution is -0.142. The molecule has 0 radical (unpaired) electrons. The minimum absolute atomic E-state index is 0.00194. The minimum atomic E-state index is -1.14. The van der Waals surface area contributed by atoms with Crippen LogP contribution in [-0.2, 0) is 11.3 Å². The molecule has 4 heterocycles. The van der Waals surface area contributed by atoms with Crippen molar-refractivity contribution in [3.05, 3.63) is 88.3 Å². The van der Waals surface area contributed by atoms with Crippen molar-refractivity contribution in [2.24, 2.45) is 5.92 Å². The number of aromatic nitrogens is 2. The van der Waals surface area contributed by atoms with E-state index in [0.29, 0.717) is 49.8 Å². The van der Waals surface area contributed by atoms with E-state index >= 15 is 0 Å². The van der Waals surface area contributed by atoms with E-state index in [0.717, 1.165) is 16.0 Å². The molecule has 212 valence electrons. The Morgan fingerprint density at radius 3 is 2.34 bits per heavy atom. The summed E-state index contributed by atoms with van der Waals surface area (Å²) >= 11 is 1.48. The van der Waals surface area contributed by atoms with Crippen LogP contribution >= 0.6 is 11.3 Å². The fourth-order valence-electron chi connectivity index (χ4n) is 6.19. The van der Waals surface area contributed by atoms with E-state index in [2.05, 4.69) is 4.98 Å². The highest BCUT2D eigenvalue weighted by Crippen LogP contribution is 2.36. The molecule has 10 heteroatoms. The maximum absolute atomic E-state index is 13.7. The summed E-state index contributed by atoms with van der Waals surface area (Å²) < 4.78 is 1.48. The maximum Gasteiger partial charge on any atom is 0.407 e. The maximum atomic E-state index is 13.7. The molecule has 0 bridgehead atoms. The van der Waals surface area contributed by atoms with Crippen LogP contribution in [0.1, 0.15) is 30.7 Å². The van der Waals surface area contributed by atoms with Crippen molar-refractivity contribution >= 4 is 34.2 Å². The molecular formula is C31H32N4O5S. The molecule has 6 rings (SSSR count). The van der Waals surface area contributed by atoms with Gasteiger partial charge in [-0.3, -0.25) is 14.2 Å². The van der Waals surface area contributed by atoms with Crippen molar-refractivity contribution in [1.82, 2.24) is 19.4 Å². The molecule has 0 aliphatic carbocycles. The lowest BCUT2D eigenvalue weighted by atomic mass is 9.79. The number of likely N-dealkylation sites (tertiary alicyclic amines) is 2. The van der Waals surface area contributed by atoms with Crippen LogP contribution in [0.3, 0.4) is 0 Å². The predicted octanol–water partition coefficient (Wildman–Crippen LogP) is 4.26. The molecular weight excluding hydrogens is 540 g/mol. The number of aliphatic hydroxyl groups is 1. The quantitative estimate of drug-likeness (QED) is 0.369. The van der Waals surface area contributed by atoms with Crippen molar-refractivity contribution < 1.29 is 19.8 Å². The van der Waals surface area contributed by atoms with Gasteiger partial charge in [-0.1, -0.05) is 60.7 Å². The molecule has 2 aromatic heterocycles. The van der Waals surface area contributed by atoms with Crippen LogP contribution in [0.5, 0.6) is 0 Å². The van der Waals surface area contributed by atoms with Gasteiger partial charge in [0.1, 0.15) is 0 Å². The fraction of sp³-hybridized carbons (Fsp3) is 0.355. The number of carbonyl (C=O) groups is 2. The molecule has 9 nitrogen and oxygen atoms in total. The van der Waals surface area contributed by atoms with Gasteiger partial charge in [0, 0.05) is 43.4 Å². The molecule has 41 heavy (non-hydrogen) atoms. The first-order valence-electron chi connectivity index (χ1n) is 13.9. The van der Waals surface area contributed by atoms with E-state index in [1.807, 2.05) is 66.0 Å². The van der Waals surface area contributed by atoms with E-state index in [-0.39, 0.29) is 36.4 Å². The third kappa shape index (κ3) is 5.37. The monoisotopic (exact) mass is 572 g/mol. The smallest absolute Gasteiger partial charge is 0.407 e. The molecule has 2 atom stereocenters. The second-order valence-electron chi connectivity index (χ2n) is 11.1. The molecule has 2 amide bonds. The van der Waals surface area contributed by atoms with Gasteiger partial charge >= 0.3 is 6.09 Å². The topological polar surface area (TPSA) is 116 Å². The Morgan fingerprint density at radius 1 is 0.976 bits per heavy atom. The van der Waals surface area contributed by atoms with Gasteiger partial charge in [-0.2, -0.15) is 0 Å². The average Bonchev–Trinajstić information content (AvgIpc) is 3.44. The van der Waals surface area contributed by atoms with Crippen LogP contribution in [-0.4, -0.2) is 73.3 Å². The standard InChI is InChI=1S/C31H32N4O5S/c36-28(23-11-14-34(30(38)39)17-24(23)21-7-3-1-4-8-21)33-15-12-31(40,13-16-33)19-35-20-32-26-25(29(35)37)18-41-27(26)22-9-5-2-6-10-22/h1-10,18,20,23-24,40H,11-17,19H2,(H,38,39)/t23-,24+/m1/s1. The van der Waals surface area contributed by atoms with Gasteiger partial charge in [0.05, 0.1) is 34.3 Å².